The fourth-order valence-corrected chi connectivity index (χ4v) is 4.03. The van der Waals surface area contributed by atoms with Crippen LogP contribution in [0.5, 0.6) is 5.75 Å². The predicted molar refractivity (Wildman–Crippen MR) is 81.5 cm³/mol. The number of rotatable bonds is 4. The van der Waals surface area contributed by atoms with Crippen LogP contribution < -0.4 is 10.1 Å². The van der Waals surface area contributed by atoms with E-state index in [0.29, 0.717) is 18.7 Å². The van der Waals surface area contributed by atoms with Crippen molar-refractivity contribution in [2.45, 2.75) is 19.4 Å². The minimum absolute atomic E-state index is 0.0419. The summed E-state index contributed by atoms with van der Waals surface area (Å²) in [5.41, 5.74) is 0.649. The van der Waals surface area contributed by atoms with Gasteiger partial charge in [0.05, 0.1) is 18.1 Å². The van der Waals surface area contributed by atoms with Crippen molar-refractivity contribution in [3.63, 3.8) is 0 Å². The molecular weight excluding hydrogens is 292 g/mol. The van der Waals surface area contributed by atoms with Crippen molar-refractivity contribution in [3.05, 3.63) is 24.3 Å². The summed E-state index contributed by atoms with van der Waals surface area (Å²) in [5, 5.41) is 2.75. The monoisotopic (exact) mass is 312 g/mol. The Labute approximate surface area is 125 Å². The summed E-state index contributed by atoms with van der Waals surface area (Å²) < 4.78 is 28.2. The highest BCUT2D eigenvalue weighted by molar-refractivity contribution is 7.91. The average Bonchev–Trinajstić information content (AvgIpc) is 2.80. The first kappa shape index (κ1) is 15.6. The number of carbonyl (C=O) groups excluding carboxylic acids is 1. The largest absolute Gasteiger partial charge is 0.494 e. The van der Waals surface area contributed by atoms with Gasteiger partial charge in [0.25, 0.3) is 0 Å². The molecule has 1 heterocycles. The summed E-state index contributed by atoms with van der Waals surface area (Å²) in [7, 11) is -1.38. The molecule has 1 fully saturated rings. The van der Waals surface area contributed by atoms with Crippen LogP contribution in [0.1, 0.15) is 13.3 Å². The lowest BCUT2D eigenvalue weighted by Crippen LogP contribution is -2.40. The summed E-state index contributed by atoms with van der Waals surface area (Å²) in [4.78, 5) is 13.6. The predicted octanol–water partition coefficient (Wildman–Crippen LogP) is 1.74. The summed E-state index contributed by atoms with van der Waals surface area (Å²) in [6, 6.07) is 6.50. The van der Waals surface area contributed by atoms with Gasteiger partial charge in [0.2, 0.25) is 0 Å². The van der Waals surface area contributed by atoms with Gasteiger partial charge in [-0.2, -0.15) is 0 Å². The molecule has 1 aromatic rings. The number of carbonyl (C=O) groups is 1. The van der Waals surface area contributed by atoms with E-state index in [1.54, 1.807) is 31.3 Å². The van der Waals surface area contributed by atoms with Gasteiger partial charge in [-0.1, -0.05) is 0 Å². The molecule has 0 radical (unpaired) electrons. The third-order valence-corrected chi connectivity index (χ3v) is 5.24. The Morgan fingerprint density at radius 2 is 2.05 bits per heavy atom. The van der Waals surface area contributed by atoms with E-state index in [1.165, 1.54) is 4.90 Å². The number of amides is 2. The SMILES string of the molecule is CCOc1ccc(NC(=O)N(C)C2CCS(=O)(=O)C2)cc1. The summed E-state index contributed by atoms with van der Waals surface area (Å²) in [6.07, 6.45) is 0.496. The Hall–Kier alpha value is -1.76. The van der Waals surface area contributed by atoms with E-state index >= 15 is 0 Å². The quantitative estimate of drug-likeness (QED) is 0.919. The average molecular weight is 312 g/mol. The minimum Gasteiger partial charge on any atom is -0.494 e. The van der Waals surface area contributed by atoms with Crippen LogP contribution in [0, 0.1) is 0 Å². The van der Waals surface area contributed by atoms with Gasteiger partial charge in [0.15, 0.2) is 9.84 Å². The first-order valence-electron chi connectivity index (χ1n) is 6.88. The van der Waals surface area contributed by atoms with E-state index in [4.69, 9.17) is 4.74 Å². The van der Waals surface area contributed by atoms with Gasteiger partial charge >= 0.3 is 6.03 Å². The maximum atomic E-state index is 12.1. The van der Waals surface area contributed by atoms with E-state index in [9.17, 15) is 13.2 Å². The zero-order valence-corrected chi connectivity index (χ0v) is 13.0. The third-order valence-electron chi connectivity index (χ3n) is 3.49. The molecule has 2 rings (SSSR count). The van der Waals surface area contributed by atoms with Crippen LogP contribution in [-0.4, -0.2) is 50.6 Å². The molecule has 1 aromatic carbocycles. The van der Waals surface area contributed by atoms with E-state index in [2.05, 4.69) is 5.32 Å². The van der Waals surface area contributed by atoms with Crippen molar-refractivity contribution in [1.29, 1.82) is 0 Å². The van der Waals surface area contributed by atoms with Gasteiger partial charge < -0.3 is 15.0 Å². The normalized spacial score (nSPS) is 20.0. The number of urea groups is 1. The van der Waals surface area contributed by atoms with E-state index in [1.807, 2.05) is 6.92 Å². The van der Waals surface area contributed by atoms with Crippen LogP contribution in [0.3, 0.4) is 0 Å². The Morgan fingerprint density at radius 1 is 1.38 bits per heavy atom. The number of nitrogens with zero attached hydrogens (tertiary/aromatic N) is 1. The van der Waals surface area contributed by atoms with Gasteiger partial charge in [0.1, 0.15) is 5.75 Å². The van der Waals surface area contributed by atoms with Gasteiger partial charge in [-0.15, -0.1) is 0 Å². The van der Waals surface area contributed by atoms with Gasteiger partial charge in [-0.3, -0.25) is 0 Å². The van der Waals surface area contributed by atoms with Crippen LogP contribution in [0.4, 0.5) is 10.5 Å². The second-order valence-corrected chi connectivity index (χ2v) is 7.28. The van der Waals surface area contributed by atoms with Crippen LogP contribution in [0.2, 0.25) is 0 Å². The molecule has 6 nitrogen and oxygen atoms in total. The highest BCUT2D eigenvalue weighted by Crippen LogP contribution is 2.19. The lowest BCUT2D eigenvalue weighted by Gasteiger charge is -2.23. The van der Waals surface area contributed by atoms with Crippen molar-refractivity contribution >= 4 is 21.6 Å². The molecule has 1 aliphatic rings. The van der Waals surface area contributed by atoms with Crippen molar-refractivity contribution in [1.82, 2.24) is 4.90 Å². The topological polar surface area (TPSA) is 75.7 Å². The molecule has 1 unspecified atom stereocenters. The number of hydrogen-bond acceptors (Lipinski definition) is 4. The smallest absolute Gasteiger partial charge is 0.321 e. The zero-order chi connectivity index (χ0) is 15.5. The summed E-state index contributed by atoms with van der Waals surface area (Å²) >= 11 is 0. The second-order valence-electron chi connectivity index (χ2n) is 5.06. The van der Waals surface area contributed by atoms with Crippen molar-refractivity contribution in [3.8, 4) is 5.75 Å². The maximum absolute atomic E-state index is 12.1. The zero-order valence-electron chi connectivity index (χ0n) is 12.2. The lowest BCUT2D eigenvalue weighted by molar-refractivity contribution is 0.209. The molecule has 0 saturated carbocycles. The first-order chi connectivity index (χ1) is 9.91. The highest BCUT2D eigenvalue weighted by Gasteiger charge is 2.32. The lowest BCUT2D eigenvalue weighted by atomic mass is 10.2. The number of nitrogens with one attached hydrogen (secondary N) is 1. The molecule has 1 N–H and O–H groups in total. The van der Waals surface area contributed by atoms with Crippen LogP contribution >= 0.6 is 0 Å². The van der Waals surface area contributed by atoms with Crippen molar-refractivity contribution in [2.24, 2.45) is 0 Å². The number of sulfone groups is 1. The molecular formula is C14H20N2O4S. The molecule has 0 aromatic heterocycles. The maximum Gasteiger partial charge on any atom is 0.321 e. The molecule has 7 heteroatoms. The van der Waals surface area contributed by atoms with Crippen molar-refractivity contribution < 1.29 is 17.9 Å². The van der Waals surface area contributed by atoms with Gasteiger partial charge in [-0.25, -0.2) is 13.2 Å². The molecule has 116 valence electrons. The fraction of sp³-hybridized carbons (Fsp3) is 0.500. The molecule has 0 bridgehead atoms. The van der Waals surface area contributed by atoms with E-state index in [0.717, 1.165) is 5.75 Å². The Morgan fingerprint density at radius 3 is 2.57 bits per heavy atom. The molecule has 2 amide bonds. The number of anilines is 1. The molecule has 1 aliphatic heterocycles. The van der Waals surface area contributed by atoms with Crippen LogP contribution in [-0.2, 0) is 9.84 Å². The summed E-state index contributed by atoms with van der Waals surface area (Å²) in [5.74, 6) is 0.934. The van der Waals surface area contributed by atoms with Gasteiger partial charge in [-0.05, 0) is 37.6 Å². The van der Waals surface area contributed by atoms with E-state index < -0.39 is 9.84 Å². The molecule has 21 heavy (non-hydrogen) atoms. The second kappa shape index (κ2) is 6.34. The standard InChI is InChI=1S/C14H20N2O4S/c1-3-20-13-6-4-11(5-7-13)15-14(17)16(2)12-8-9-21(18,19)10-12/h4-7,12H,3,8-10H2,1-2H3,(H,15,17). The van der Waals surface area contributed by atoms with Crippen LogP contribution in [0.15, 0.2) is 24.3 Å². The number of ether oxygens (including phenoxy) is 1. The Kier molecular flexibility index (Phi) is 4.72. The number of hydrogen-bond donors (Lipinski definition) is 1. The Balaban J connectivity index is 1.94. The van der Waals surface area contributed by atoms with E-state index in [-0.39, 0.29) is 23.6 Å². The minimum atomic E-state index is -3.00. The molecule has 0 aliphatic carbocycles. The number of benzene rings is 1. The first-order valence-corrected chi connectivity index (χ1v) is 8.70. The third kappa shape index (κ3) is 4.10. The molecule has 1 atom stereocenters. The summed E-state index contributed by atoms with van der Waals surface area (Å²) in [6.45, 7) is 2.49. The highest BCUT2D eigenvalue weighted by atomic mass is 32.2. The Bertz CT molecular complexity index is 598. The van der Waals surface area contributed by atoms with Gasteiger partial charge in [0, 0.05) is 18.8 Å². The van der Waals surface area contributed by atoms with Crippen LogP contribution in [0.25, 0.3) is 0 Å². The van der Waals surface area contributed by atoms with Crippen molar-refractivity contribution in [2.75, 3.05) is 30.5 Å². The molecule has 1 saturated heterocycles. The molecule has 0 spiro atoms. The fourth-order valence-electron chi connectivity index (χ4n) is 2.26.